The first-order chi connectivity index (χ1) is 9.06. The summed E-state index contributed by atoms with van der Waals surface area (Å²) in [5.41, 5.74) is 0.787. The number of nitrogens with zero attached hydrogens (tertiary/aromatic N) is 1. The third-order valence-corrected chi connectivity index (χ3v) is 4.22. The van der Waals surface area contributed by atoms with Crippen molar-refractivity contribution in [2.75, 3.05) is 0 Å². The van der Waals surface area contributed by atoms with Crippen LogP contribution in [0.25, 0.3) is 0 Å². The average molecular weight is 259 g/mol. The van der Waals surface area contributed by atoms with E-state index in [2.05, 4.69) is 6.92 Å². The molecule has 2 fully saturated rings. The van der Waals surface area contributed by atoms with Crippen LogP contribution < -0.4 is 0 Å². The molecule has 2 aliphatic rings. The van der Waals surface area contributed by atoms with E-state index in [0.717, 1.165) is 18.4 Å². The molecule has 1 heterocycles. The number of imide groups is 1. The quantitative estimate of drug-likeness (QED) is 0.825. The van der Waals surface area contributed by atoms with Crippen molar-refractivity contribution in [3.63, 3.8) is 0 Å². The van der Waals surface area contributed by atoms with Gasteiger partial charge in [-0.3, -0.25) is 14.5 Å². The molecule has 2 amide bonds. The Kier molecular flexibility index (Phi) is 2.81. The van der Waals surface area contributed by atoms with Crippen molar-refractivity contribution in [1.82, 2.24) is 4.90 Å². The number of hydrogen-bond donors (Lipinski definition) is 1. The van der Waals surface area contributed by atoms with Crippen molar-refractivity contribution in [1.29, 1.82) is 0 Å². The number of aromatic hydroxyl groups is 1. The number of carbonyl (C=O) groups is 2. The molecule has 4 nitrogen and oxygen atoms in total. The Morgan fingerprint density at radius 2 is 1.84 bits per heavy atom. The lowest BCUT2D eigenvalue weighted by Crippen LogP contribution is -2.31. The highest BCUT2D eigenvalue weighted by Gasteiger charge is 2.51. The summed E-state index contributed by atoms with van der Waals surface area (Å²) in [4.78, 5) is 25.9. The first-order valence-corrected chi connectivity index (χ1v) is 6.69. The van der Waals surface area contributed by atoms with Crippen LogP contribution in [0.5, 0.6) is 5.75 Å². The summed E-state index contributed by atoms with van der Waals surface area (Å²) in [6.07, 6.45) is 1.65. The fourth-order valence-electron chi connectivity index (χ4n) is 3.34. The molecule has 2 unspecified atom stereocenters. The molecular weight excluding hydrogens is 242 g/mol. The van der Waals surface area contributed by atoms with Gasteiger partial charge in [0.1, 0.15) is 5.75 Å². The molecule has 19 heavy (non-hydrogen) atoms. The molecule has 0 spiro atoms. The van der Waals surface area contributed by atoms with Gasteiger partial charge >= 0.3 is 0 Å². The molecule has 1 aliphatic carbocycles. The maximum Gasteiger partial charge on any atom is 0.233 e. The van der Waals surface area contributed by atoms with Crippen molar-refractivity contribution in [3.05, 3.63) is 29.8 Å². The van der Waals surface area contributed by atoms with Gasteiger partial charge in [0.15, 0.2) is 0 Å². The van der Waals surface area contributed by atoms with Crippen LogP contribution in [0.1, 0.15) is 25.3 Å². The molecule has 0 bridgehead atoms. The summed E-state index contributed by atoms with van der Waals surface area (Å²) < 4.78 is 0. The van der Waals surface area contributed by atoms with Crippen molar-refractivity contribution < 1.29 is 14.7 Å². The van der Waals surface area contributed by atoms with Crippen LogP contribution in [-0.4, -0.2) is 21.8 Å². The van der Waals surface area contributed by atoms with Gasteiger partial charge in [0.05, 0.1) is 18.4 Å². The molecule has 2 atom stereocenters. The highest BCUT2D eigenvalue weighted by atomic mass is 16.3. The fourth-order valence-corrected chi connectivity index (χ4v) is 3.34. The van der Waals surface area contributed by atoms with Gasteiger partial charge in [-0.1, -0.05) is 19.1 Å². The van der Waals surface area contributed by atoms with E-state index >= 15 is 0 Å². The Hall–Kier alpha value is -1.84. The molecule has 1 saturated carbocycles. The van der Waals surface area contributed by atoms with Crippen molar-refractivity contribution in [2.45, 2.75) is 26.3 Å². The first-order valence-electron chi connectivity index (χ1n) is 6.69. The van der Waals surface area contributed by atoms with Gasteiger partial charge in [-0.2, -0.15) is 0 Å². The van der Waals surface area contributed by atoms with Crippen LogP contribution in [0.3, 0.4) is 0 Å². The molecule has 0 radical (unpaired) electrons. The minimum atomic E-state index is -0.111. The molecule has 1 aromatic carbocycles. The second kappa shape index (κ2) is 4.37. The highest BCUT2D eigenvalue weighted by Crippen LogP contribution is 2.43. The topological polar surface area (TPSA) is 57.6 Å². The van der Waals surface area contributed by atoms with Crippen LogP contribution in [0.2, 0.25) is 0 Å². The fraction of sp³-hybridized carbons (Fsp3) is 0.467. The molecular formula is C15H17NO3. The number of carbonyl (C=O) groups excluding carboxylic acids is 2. The summed E-state index contributed by atoms with van der Waals surface area (Å²) in [5, 5.41) is 9.43. The van der Waals surface area contributed by atoms with E-state index in [1.807, 2.05) is 6.07 Å². The number of benzene rings is 1. The number of hydrogen-bond acceptors (Lipinski definition) is 3. The molecule has 1 N–H and O–H groups in total. The van der Waals surface area contributed by atoms with Crippen LogP contribution in [-0.2, 0) is 16.1 Å². The third-order valence-electron chi connectivity index (χ3n) is 4.22. The first kappa shape index (κ1) is 12.2. The van der Waals surface area contributed by atoms with E-state index in [4.69, 9.17) is 0 Å². The lowest BCUT2D eigenvalue weighted by atomic mass is 10.00. The predicted molar refractivity (Wildman–Crippen MR) is 69.0 cm³/mol. The summed E-state index contributed by atoms with van der Waals surface area (Å²) in [7, 11) is 0. The van der Waals surface area contributed by atoms with Crippen molar-refractivity contribution in [3.8, 4) is 5.75 Å². The number of likely N-dealkylation sites (tertiary alicyclic amines) is 1. The van der Waals surface area contributed by atoms with Crippen molar-refractivity contribution in [2.24, 2.45) is 17.8 Å². The molecule has 4 heteroatoms. The Labute approximate surface area is 112 Å². The number of amides is 2. The van der Waals surface area contributed by atoms with Gasteiger partial charge in [-0.05, 0) is 36.5 Å². The summed E-state index contributed by atoms with van der Waals surface area (Å²) in [6.45, 7) is 2.37. The lowest BCUT2D eigenvalue weighted by Gasteiger charge is -2.17. The van der Waals surface area contributed by atoms with E-state index in [1.165, 1.54) is 4.90 Å². The molecule has 0 aromatic heterocycles. The Bertz CT molecular complexity index is 516. The van der Waals surface area contributed by atoms with Gasteiger partial charge in [0.25, 0.3) is 0 Å². The number of phenols is 1. The Morgan fingerprint density at radius 1 is 1.21 bits per heavy atom. The Morgan fingerprint density at radius 3 is 2.42 bits per heavy atom. The predicted octanol–water partition coefficient (Wildman–Crippen LogP) is 1.92. The second-order valence-electron chi connectivity index (χ2n) is 5.72. The van der Waals surface area contributed by atoms with Crippen LogP contribution in [0, 0.1) is 17.8 Å². The maximum atomic E-state index is 12.3. The van der Waals surface area contributed by atoms with Gasteiger partial charge in [-0.15, -0.1) is 0 Å². The monoisotopic (exact) mass is 259 g/mol. The van der Waals surface area contributed by atoms with Crippen molar-refractivity contribution >= 4 is 11.8 Å². The standard InChI is InChI=1S/C15H17NO3/c1-9-5-12-13(6-9)15(19)16(14(12)18)8-10-3-2-4-11(17)7-10/h2-4,7,9,12-13,17H,5-6,8H2,1H3. The van der Waals surface area contributed by atoms with E-state index < -0.39 is 0 Å². The number of rotatable bonds is 2. The van der Waals surface area contributed by atoms with E-state index in [1.54, 1.807) is 18.2 Å². The van der Waals surface area contributed by atoms with Crippen LogP contribution in [0.4, 0.5) is 0 Å². The zero-order valence-corrected chi connectivity index (χ0v) is 10.9. The molecule has 1 saturated heterocycles. The van der Waals surface area contributed by atoms with E-state index in [-0.39, 0.29) is 35.9 Å². The molecule has 100 valence electrons. The minimum Gasteiger partial charge on any atom is -0.508 e. The summed E-state index contributed by atoms with van der Waals surface area (Å²) >= 11 is 0. The minimum absolute atomic E-state index is 0.0392. The molecule has 1 aromatic rings. The third kappa shape index (κ3) is 2.01. The highest BCUT2D eigenvalue weighted by molar-refractivity contribution is 6.05. The zero-order valence-electron chi connectivity index (χ0n) is 10.9. The van der Waals surface area contributed by atoms with E-state index in [9.17, 15) is 14.7 Å². The van der Waals surface area contributed by atoms with Gasteiger partial charge in [-0.25, -0.2) is 0 Å². The molecule has 1 aliphatic heterocycles. The largest absolute Gasteiger partial charge is 0.508 e. The second-order valence-corrected chi connectivity index (χ2v) is 5.72. The summed E-state index contributed by atoms with van der Waals surface area (Å²) in [6, 6.07) is 6.71. The lowest BCUT2D eigenvalue weighted by molar-refractivity contribution is -0.141. The normalized spacial score (nSPS) is 29.9. The smallest absolute Gasteiger partial charge is 0.233 e. The average Bonchev–Trinajstić information content (AvgIpc) is 2.84. The van der Waals surface area contributed by atoms with Gasteiger partial charge in [0.2, 0.25) is 11.8 Å². The van der Waals surface area contributed by atoms with Gasteiger partial charge in [0, 0.05) is 0 Å². The Balaban J connectivity index is 1.80. The number of phenolic OH excluding ortho intramolecular Hbond substituents is 1. The van der Waals surface area contributed by atoms with Crippen LogP contribution in [0.15, 0.2) is 24.3 Å². The summed E-state index contributed by atoms with van der Waals surface area (Å²) in [5.74, 6) is 0.321. The SMILES string of the molecule is CC1CC2C(=O)N(Cc3cccc(O)c3)C(=O)C2C1. The maximum absolute atomic E-state index is 12.3. The molecule has 3 rings (SSSR count). The van der Waals surface area contributed by atoms with Crippen LogP contribution >= 0.6 is 0 Å². The number of fused-ring (bicyclic) bond motifs is 1. The zero-order chi connectivity index (χ0) is 13.6. The van der Waals surface area contributed by atoms with E-state index in [0.29, 0.717) is 5.92 Å². The van der Waals surface area contributed by atoms with Gasteiger partial charge < -0.3 is 5.11 Å².